The minimum absolute atomic E-state index is 0.0350. The highest BCUT2D eigenvalue weighted by molar-refractivity contribution is 5.95. The highest BCUT2D eigenvalue weighted by Gasteiger charge is 2.40. The van der Waals surface area contributed by atoms with Crippen LogP contribution < -0.4 is 5.73 Å². The van der Waals surface area contributed by atoms with Crippen LogP contribution in [0.15, 0.2) is 16.7 Å². The predicted molar refractivity (Wildman–Crippen MR) is 83.8 cm³/mol. The average molecular weight is 320 g/mol. The molecule has 2 amide bonds. The predicted octanol–water partition coefficient (Wildman–Crippen LogP) is 1.58. The molecule has 23 heavy (non-hydrogen) atoms. The summed E-state index contributed by atoms with van der Waals surface area (Å²) in [5.74, 6) is 0.631. The van der Waals surface area contributed by atoms with Gasteiger partial charge in [0.25, 0.3) is 5.91 Å². The molecule has 1 aromatic rings. The van der Waals surface area contributed by atoms with E-state index in [1.807, 2.05) is 11.8 Å². The first-order valence-corrected chi connectivity index (χ1v) is 8.38. The number of amides is 2. The van der Waals surface area contributed by atoms with Crippen molar-refractivity contribution in [2.24, 2.45) is 17.6 Å². The lowest BCUT2D eigenvalue weighted by Crippen LogP contribution is -2.44. The Balaban J connectivity index is 1.60. The monoisotopic (exact) mass is 320 g/mol. The van der Waals surface area contributed by atoms with Crippen molar-refractivity contribution in [1.29, 1.82) is 0 Å². The van der Waals surface area contributed by atoms with Gasteiger partial charge in [0.15, 0.2) is 0 Å². The molecule has 0 bridgehead atoms. The molecule has 0 unspecified atom stereocenters. The fraction of sp³-hybridized carbons (Fsp3) is 0.647. The van der Waals surface area contributed by atoms with Crippen molar-refractivity contribution >= 4 is 11.8 Å². The van der Waals surface area contributed by atoms with Gasteiger partial charge in [-0.3, -0.25) is 9.59 Å². The van der Waals surface area contributed by atoms with Crippen molar-refractivity contribution in [1.82, 2.24) is 4.90 Å². The van der Waals surface area contributed by atoms with Crippen LogP contribution in [0.3, 0.4) is 0 Å². The topological polar surface area (TPSA) is 85.8 Å². The van der Waals surface area contributed by atoms with Crippen LogP contribution in [-0.2, 0) is 16.0 Å². The number of furan rings is 1. The molecule has 2 saturated heterocycles. The Morgan fingerprint density at radius 3 is 2.70 bits per heavy atom. The maximum absolute atomic E-state index is 12.6. The Kier molecular flexibility index (Phi) is 4.71. The SMILES string of the molecule is CCc1occc1C(=O)N1CCC([C@H]2OCC[C@@H]2C(N)=O)CC1. The number of likely N-dealkylation sites (tertiary alicyclic amines) is 1. The summed E-state index contributed by atoms with van der Waals surface area (Å²) in [6.07, 6.45) is 4.61. The summed E-state index contributed by atoms with van der Waals surface area (Å²) in [7, 11) is 0. The van der Waals surface area contributed by atoms with E-state index >= 15 is 0 Å². The van der Waals surface area contributed by atoms with E-state index in [0.717, 1.165) is 18.6 Å². The fourth-order valence-electron chi connectivity index (χ4n) is 3.79. The normalized spacial score (nSPS) is 25.7. The molecule has 0 saturated carbocycles. The number of ether oxygens (including phenoxy) is 1. The maximum Gasteiger partial charge on any atom is 0.257 e. The summed E-state index contributed by atoms with van der Waals surface area (Å²) >= 11 is 0. The summed E-state index contributed by atoms with van der Waals surface area (Å²) in [6, 6.07) is 1.75. The summed E-state index contributed by atoms with van der Waals surface area (Å²) in [4.78, 5) is 26.0. The van der Waals surface area contributed by atoms with Crippen molar-refractivity contribution in [2.45, 2.75) is 38.7 Å². The first kappa shape index (κ1) is 16.1. The molecule has 2 N–H and O–H groups in total. The molecule has 2 fully saturated rings. The molecule has 2 aliphatic rings. The number of aryl methyl sites for hydroxylation is 1. The van der Waals surface area contributed by atoms with Gasteiger partial charge in [0.2, 0.25) is 5.91 Å². The molecule has 3 rings (SSSR count). The van der Waals surface area contributed by atoms with Gasteiger partial charge in [0.1, 0.15) is 5.76 Å². The number of nitrogens with two attached hydrogens (primary N) is 1. The summed E-state index contributed by atoms with van der Waals surface area (Å²) in [5.41, 5.74) is 6.14. The Labute approximate surface area is 135 Å². The fourth-order valence-corrected chi connectivity index (χ4v) is 3.79. The Morgan fingerprint density at radius 2 is 2.04 bits per heavy atom. The molecule has 3 heterocycles. The maximum atomic E-state index is 12.6. The van der Waals surface area contributed by atoms with Crippen LogP contribution in [0, 0.1) is 11.8 Å². The quantitative estimate of drug-likeness (QED) is 0.912. The van der Waals surface area contributed by atoms with Crippen molar-refractivity contribution in [3.05, 3.63) is 23.7 Å². The lowest BCUT2D eigenvalue weighted by molar-refractivity contribution is -0.124. The summed E-state index contributed by atoms with van der Waals surface area (Å²) in [6.45, 7) is 3.95. The third kappa shape index (κ3) is 3.13. The molecule has 1 aromatic heterocycles. The third-order valence-electron chi connectivity index (χ3n) is 5.09. The Bertz CT molecular complexity index is 575. The minimum Gasteiger partial charge on any atom is -0.469 e. The standard InChI is InChI=1S/C17H24N2O4/c1-2-14-12(5-9-22-14)17(21)19-7-3-11(4-8-19)15-13(16(18)20)6-10-23-15/h5,9,11,13,15H,2-4,6-8,10H2,1H3,(H2,18,20)/t13-,15+/m0/s1. The van der Waals surface area contributed by atoms with Crippen LogP contribution in [0.1, 0.15) is 42.3 Å². The Morgan fingerprint density at radius 1 is 1.30 bits per heavy atom. The molecule has 0 aromatic carbocycles. The number of carbonyl (C=O) groups is 2. The van der Waals surface area contributed by atoms with E-state index in [9.17, 15) is 9.59 Å². The molecule has 2 atom stereocenters. The van der Waals surface area contributed by atoms with Crippen molar-refractivity contribution in [3.63, 3.8) is 0 Å². The van der Waals surface area contributed by atoms with Crippen LogP contribution in [0.4, 0.5) is 0 Å². The van der Waals surface area contributed by atoms with Crippen LogP contribution in [0.2, 0.25) is 0 Å². The minimum atomic E-state index is -0.267. The second kappa shape index (κ2) is 6.74. The van der Waals surface area contributed by atoms with Gasteiger partial charge in [-0.2, -0.15) is 0 Å². The van der Waals surface area contributed by atoms with Gasteiger partial charge in [0.05, 0.1) is 23.8 Å². The zero-order valence-electron chi connectivity index (χ0n) is 13.5. The molecular weight excluding hydrogens is 296 g/mol. The summed E-state index contributed by atoms with van der Waals surface area (Å²) < 4.78 is 11.1. The van der Waals surface area contributed by atoms with Crippen molar-refractivity contribution in [2.75, 3.05) is 19.7 Å². The molecule has 126 valence electrons. The number of carbonyl (C=O) groups excluding carboxylic acids is 2. The molecule has 6 heteroatoms. The van der Waals surface area contributed by atoms with Crippen LogP contribution >= 0.6 is 0 Å². The zero-order chi connectivity index (χ0) is 16.4. The second-order valence-electron chi connectivity index (χ2n) is 6.37. The number of piperidine rings is 1. The van der Waals surface area contributed by atoms with Gasteiger partial charge in [-0.25, -0.2) is 0 Å². The van der Waals surface area contributed by atoms with Crippen molar-refractivity contribution in [3.8, 4) is 0 Å². The zero-order valence-corrected chi connectivity index (χ0v) is 13.5. The number of hydrogen-bond acceptors (Lipinski definition) is 4. The molecule has 0 spiro atoms. The van der Waals surface area contributed by atoms with Crippen LogP contribution in [0.5, 0.6) is 0 Å². The third-order valence-corrected chi connectivity index (χ3v) is 5.09. The highest BCUT2D eigenvalue weighted by atomic mass is 16.5. The molecule has 0 aliphatic carbocycles. The number of hydrogen-bond donors (Lipinski definition) is 1. The van der Waals surface area contributed by atoms with E-state index < -0.39 is 0 Å². The first-order valence-electron chi connectivity index (χ1n) is 8.38. The number of primary amides is 1. The van der Waals surface area contributed by atoms with Gasteiger partial charge in [-0.05, 0) is 31.2 Å². The average Bonchev–Trinajstić information content (AvgIpc) is 3.23. The first-order chi connectivity index (χ1) is 11.1. The van der Waals surface area contributed by atoms with E-state index in [1.165, 1.54) is 0 Å². The van der Waals surface area contributed by atoms with Crippen LogP contribution in [0.25, 0.3) is 0 Å². The lowest BCUT2D eigenvalue weighted by Gasteiger charge is -2.35. The smallest absolute Gasteiger partial charge is 0.257 e. The van der Waals surface area contributed by atoms with E-state index in [0.29, 0.717) is 44.0 Å². The highest BCUT2D eigenvalue weighted by Crippen LogP contribution is 2.33. The van der Waals surface area contributed by atoms with Gasteiger partial charge in [-0.15, -0.1) is 0 Å². The summed E-state index contributed by atoms with van der Waals surface area (Å²) in [5, 5.41) is 0. The number of nitrogens with zero attached hydrogens (tertiary/aromatic N) is 1. The van der Waals surface area contributed by atoms with Gasteiger partial charge in [-0.1, -0.05) is 6.92 Å². The molecular formula is C17H24N2O4. The van der Waals surface area contributed by atoms with E-state index in [1.54, 1.807) is 12.3 Å². The molecule has 2 aliphatic heterocycles. The largest absolute Gasteiger partial charge is 0.469 e. The van der Waals surface area contributed by atoms with Crippen molar-refractivity contribution < 1.29 is 18.7 Å². The van der Waals surface area contributed by atoms with Gasteiger partial charge >= 0.3 is 0 Å². The molecule has 6 nitrogen and oxygen atoms in total. The second-order valence-corrected chi connectivity index (χ2v) is 6.37. The lowest BCUT2D eigenvalue weighted by atomic mass is 9.84. The molecule has 0 radical (unpaired) electrons. The Hall–Kier alpha value is -1.82. The van der Waals surface area contributed by atoms with E-state index in [2.05, 4.69) is 0 Å². The van der Waals surface area contributed by atoms with Gasteiger partial charge < -0.3 is 19.8 Å². The van der Waals surface area contributed by atoms with Gasteiger partial charge in [0, 0.05) is 26.1 Å². The number of rotatable bonds is 4. The van der Waals surface area contributed by atoms with Crippen LogP contribution in [-0.4, -0.2) is 42.5 Å². The van der Waals surface area contributed by atoms with E-state index in [-0.39, 0.29) is 23.8 Å². The van der Waals surface area contributed by atoms with E-state index in [4.69, 9.17) is 14.9 Å².